The SMILES string of the molecule is O=C(NCCN1CCCCC1)NCC(O)c1c(F)cccc1F. The average Bonchev–Trinajstić information content (AvgIpc) is 2.54. The van der Waals surface area contributed by atoms with Gasteiger partial charge in [-0.2, -0.15) is 0 Å². The van der Waals surface area contributed by atoms with E-state index in [4.69, 9.17) is 0 Å². The van der Waals surface area contributed by atoms with Crippen LogP contribution in [0.5, 0.6) is 0 Å². The summed E-state index contributed by atoms with van der Waals surface area (Å²) in [5, 5.41) is 14.9. The summed E-state index contributed by atoms with van der Waals surface area (Å²) in [6, 6.07) is 2.90. The molecule has 1 aliphatic heterocycles. The number of halogens is 2. The van der Waals surface area contributed by atoms with Gasteiger partial charge in [0.25, 0.3) is 0 Å². The molecule has 5 nitrogen and oxygen atoms in total. The molecule has 0 saturated carbocycles. The first-order valence-corrected chi connectivity index (χ1v) is 7.94. The first-order valence-electron chi connectivity index (χ1n) is 7.94. The van der Waals surface area contributed by atoms with Crippen LogP contribution in [-0.4, -0.2) is 48.8 Å². The van der Waals surface area contributed by atoms with Crippen molar-refractivity contribution < 1.29 is 18.7 Å². The standard InChI is InChI=1S/C16H23F2N3O2/c17-12-5-4-6-13(18)15(12)14(22)11-20-16(23)19-7-10-21-8-2-1-3-9-21/h4-6,14,22H,1-3,7-11H2,(H2,19,20,23). The molecule has 0 spiro atoms. The van der Waals surface area contributed by atoms with Crippen LogP contribution in [0.25, 0.3) is 0 Å². The minimum Gasteiger partial charge on any atom is -0.386 e. The highest BCUT2D eigenvalue weighted by Crippen LogP contribution is 2.19. The molecule has 1 atom stereocenters. The van der Waals surface area contributed by atoms with E-state index in [0.717, 1.165) is 31.8 Å². The second-order valence-electron chi connectivity index (χ2n) is 5.69. The highest BCUT2D eigenvalue weighted by atomic mass is 19.1. The molecule has 128 valence electrons. The third-order valence-electron chi connectivity index (χ3n) is 3.95. The Bertz CT molecular complexity index is 502. The number of rotatable bonds is 6. The third-order valence-corrected chi connectivity index (χ3v) is 3.95. The van der Waals surface area contributed by atoms with Gasteiger partial charge in [0.2, 0.25) is 0 Å². The summed E-state index contributed by atoms with van der Waals surface area (Å²) < 4.78 is 27.0. The van der Waals surface area contributed by atoms with Crippen molar-refractivity contribution >= 4 is 6.03 Å². The van der Waals surface area contributed by atoms with Gasteiger partial charge < -0.3 is 20.6 Å². The van der Waals surface area contributed by atoms with E-state index in [2.05, 4.69) is 15.5 Å². The predicted octanol–water partition coefficient (Wildman–Crippen LogP) is 1.78. The monoisotopic (exact) mass is 327 g/mol. The number of benzene rings is 1. The van der Waals surface area contributed by atoms with Gasteiger partial charge >= 0.3 is 6.03 Å². The van der Waals surface area contributed by atoms with E-state index in [9.17, 15) is 18.7 Å². The lowest BCUT2D eigenvalue weighted by molar-refractivity contribution is 0.163. The van der Waals surface area contributed by atoms with E-state index < -0.39 is 29.3 Å². The van der Waals surface area contributed by atoms with Crippen LogP contribution in [0.1, 0.15) is 30.9 Å². The van der Waals surface area contributed by atoms with Crippen LogP contribution in [-0.2, 0) is 0 Å². The summed E-state index contributed by atoms with van der Waals surface area (Å²) in [7, 11) is 0. The Morgan fingerprint density at radius 1 is 1.17 bits per heavy atom. The van der Waals surface area contributed by atoms with Crippen molar-refractivity contribution in [2.45, 2.75) is 25.4 Å². The molecule has 0 bridgehead atoms. The second-order valence-corrected chi connectivity index (χ2v) is 5.69. The van der Waals surface area contributed by atoms with Crippen molar-refractivity contribution in [2.75, 3.05) is 32.7 Å². The molecule has 1 saturated heterocycles. The summed E-state index contributed by atoms with van der Waals surface area (Å²) in [5.41, 5.74) is -0.430. The lowest BCUT2D eigenvalue weighted by atomic mass is 10.1. The maximum atomic E-state index is 13.5. The van der Waals surface area contributed by atoms with Gasteiger partial charge in [-0.15, -0.1) is 0 Å². The Morgan fingerprint density at radius 3 is 2.48 bits per heavy atom. The Kier molecular flexibility index (Phi) is 6.73. The molecule has 1 heterocycles. The first-order chi connectivity index (χ1) is 11.1. The molecule has 0 aromatic heterocycles. The fourth-order valence-corrected chi connectivity index (χ4v) is 2.69. The maximum absolute atomic E-state index is 13.5. The molecule has 7 heteroatoms. The van der Waals surface area contributed by atoms with Crippen LogP contribution in [0.4, 0.5) is 13.6 Å². The van der Waals surface area contributed by atoms with Crippen LogP contribution >= 0.6 is 0 Å². The molecule has 1 unspecified atom stereocenters. The van der Waals surface area contributed by atoms with E-state index in [0.29, 0.717) is 6.54 Å². The molecule has 1 fully saturated rings. The van der Waals surface area contributed by atoms with E-state index in [1.54, 1.807) is 0 Å². The van der Waals surface area contributed by atoms with Crippen molar-refractivity contribution in [3.63, 3.8) is 0 Å². The maximum Gasteiger partial charge on any atom is 0.314 e. The fraction of sp³-hybridized carbons (Fsp3) is 0.562. The van der Waals surface area contributed by atoms with Gasteiger partial charge in [-0.1, -0.05) is 12.5 Å². The number of urea groups is 1. The number of hydrogen-bond acceptors (Lipinski definition) is 3. The number of nitrogens with one attached hydrogen (secondary N) is 2. The van der Waals surface area contributed by atoms with Crippen LogP contribution in [0.15, 0.2) is 18.2 Å². The fourth-order valence-electron chi connectivity index (χ4n) is 2.69. The summed E-state index contributed by atoms with van der Waals surface area (Å²) in [6.45, 7) is 3.12. The van der Waals surface area contributed by atoms with E-state index >= 15 is 0 Å². The van der Waals surface area contributed by atoms with Crippen LogP contribution in [0.2, 0.25) is 0 Å². The quantitative estimate of drug-likeness (QED) is 0.746. The molecule has 2 amide bonds. The normalized spacial score (nSPS) is 16.8. The Balaban J connectivity index is 1.69. The van der Waals surface area contributed by atoms with Gasteiger partial charge in [0, 0.05) is 19.6 Å². The van der Waals surface area contributed by atoms with Gasteiger partial charge in [0.1, 0.15) is 17.7 Å². The highest BCUT2D eigenvalue weighted by Gasteiger charge is 2.18. The summed E-state index contributed by atoms with van der Waals surface area (Å²) in [5.74, 6) is -1.66. The largest absolute Gasteiger partial charge is 0.386 e. The molecule has 2 rings (SSSR count). The number of carbonyl (C=O) groups is 1. The van der Waals surface area contributed by atoms with Crippen LogP contribution in [0, 0.1) is 11.6 Å². The minimum absolute atomic E-state index is 0.257. The number of hydrogen-bond donors (Lipinski definition) is 3. The molecule has 0 aliphatic carbocycles. The molecule has 1 aromatic rings. The van der Waals surface area contributed by atoms with E-state index in [-0.39, 0.29) is 6.54 Å². The van der Waals surface area contributed by atoms with E-state index in [1.807, 2.05) is 0 Å². The van der Waals surface area contributed by atoms with Gasteiger partial charge in [0.05, 0.1) is 5.56 Å². The first kappa shape index (κ1) is 17.6. The summed E-state index contributed by atoms with van der Waals surface area (Å²) in [4.78, 5) is 13.9. The zero-order valence-corrected chi connectivity index (χ0v) is 13.0. The number of carbonyl (C=O) groups excluding carboxylic acids is 1. The third kappa shape index (κ3) is 5.44. The van der Waals surface area contributed by atoms with Crippen molar-refractivity contribution in [1.82, 2.24) is 15.5 Å². The average molecular weight is 327 g/mol. The zero-order valence-electron chi connectivity index (χ0n) is 13.0. The lowest BCUT2D eigenvalue weighted by Crippen LogP contribution is -2.42. The molecule has 0 radical (unpaired) electrons. The summed E-state index contributed by atoms with van der Waals surface area (Å²) >= 11 is 0. The van der Waals surface area contributed by atoms with E-state index in [1.165, 1.54) is 25.3 Å². The molecular weight excluding hydrogens is 304 g/mol. The molecular formula is C16H23F2N3O2. The topological polar surface area (TPSA) is 64.6 Å². The lowest BCUT2D eigenvalue weighted by Gasteiger charge is -2.26. The smallest absolute Gasteiger partial charge is 0.314 e. The van der Waals surface area contributed by atoms with Crippen molar-refractivity contribution in [2.24, 2.45) is 0 Å². The number of likely N-dealkylation sites (tertiary alicyclic amines) is 1. The van der Waals surface area contributed by atoms with Crippen molar-refractivity contribution in [3.8, 4) is 0 Å². The Morgan fingerprint density at radius 2 is 1.83 bits per heavy atom. The predicted molar refractivity (Wildman–Crippen MR) is 83.0 cm³/mol. The summed E-state index contributed by atoms with van der Waals surface area (Å²) in [6.07, 6.45) is 2.21. The highest BCUT2D eigenvalue weighted by molar-refractivity contribution is 5.73. The molecule has 1 aliphatic rings. The number of piperidine rings is 1. The van der Waals surface area contributed by atoms with Gasteiger partial charge in [-0.05, 0) is 38.1 Å². The minimum atomic E-state index is -1.43. The Labute approximate surface area is 134 Å². The molecule has 23 heavy (non-hydrogen) atoms. The van der Waals surface area contributed by atoms with Crippen LogP contribution in [0.3, 0.4) is 0 Å². The van der Waals surface area contributed by atoms with Crippen molar-refractivity contribution in [1.29, 1.82) is 0 Å². The van der Waals surface area contributed by atoms with Crippen molar-refractivity contribution in [3.05, 3.63) is 35.4 Å². The van der Waals surface area contributed by atoms with Crippen LogP contribution < -0.4 is 10.6 Å². The number of aliphatic hydroxyl groups is 1. The molecule has 3 N–H and O–H groups in total. The number of aliphatic hydroxyl groups excluding tert-OH is 1. The zero-order chi connectivity index (χ0) is 16.7. The van der Waals surface area contributed by atoms with Gasteiger partial charge in [0.15, 0.2) is 0 Å². The van der Waals surface area contributed by atoms with Gasteiger partial charge in [-0.25, -0.2) is 13.6 Å². The number of amides is 2. The molecule has 1 aromatic carbocycles. The van der Waals surface area contributed by atoms with Gasteiger partial charge in [-0.3, -0.25) is 0 Å². The number of nitrogens with zero attached hydrogens (tertiary/aromatic N) is 1. The Hall–Kier alpha value is -1.73. The second kappa shape index (κ2) is 8.79.